The van der Waals surface area contributed by atoms with Crippen molar-refractivity contribution in [1.29, 1.82) is 0 Å². The molecule has 1 aliphatic carbocycles. The van der Waals surface area contributed by atoms with E-state index in [9.17, 15) is 14.9 Å². The zero-order chi connectivity index (χ0) is 14.0. The smallest absolute Gasteiger partial charge is 0.300 e. The van der Waals surface area contributed by atoms with Crippen molar-refractivity contribution in [3.05, 3.63) is 38.9 Å². The third-order valence-electron chi connectivity index (χ3n) is 3.75. The van der Waals surface area contributed by atoms with E-state index in [-0.39, 0.29) is 21.7 Å². The first-order valence-electron chi connectivity index (χ1n) is 6.20. The highest BCUT2D eigenvalue weighted by molar-refractivity contribution is 6.33. The minimum atomic E-state index is -0.621. The Balaban J connectivity index is 2.15. The summed E-state index contributed by atoms with van der Waals surface area (Å²) in [5.74, 6) is -0.436. The van der Waals surface area contributed by atoms with Crippen LogP contribution in [0.3, 0.4) is 0 Å². The standard InChI is InChI=1S/C13H15ClN2O3/c1-2-13(6-7-13)8-15-12(17)9-4-3-5-10(14)11(9)16(18)19/h3-5H,2,6-8H2,1H3,(H,15,17). The molecule has 0 aromatic heterocycles. The predicted octanol–water partition coefficient (Wildman–Crippen LogP) is 3.17. The van der Waals surface area contributed by atoms with Gasteiger partial charge in [-0.2, -0.15) is 0 Å². The molecule has 1 N–H and O–H groups in total. The van der Waals surface area contributed by atoms with Gasteiger partial charge in [-0.05, 0) is 36.8 Å². The second-order valence-corrected chi connectivity index (χ2v) is 5.34. The molecule has 1 amide bonds. The fourth-order valence-corrected chi connectivity index (χ4v) is 2.32. The summed E-state index contributed by atoms with van der Waals surface area (Å²) in [7, 11) is 0. The molecule has 0 spiro atoms. The summed E-state index contributed by atoms with van der Waals surface area (Å²) < 4.78 is 0. The van der Waals surface area contributed by atoms with Gasteiger partial charge in [0.2, 0.25) is 0 Å². The molecule has 0 atom stereocenters. The van der Waals surface area contributed by atoms with E-state index in [0.29, 0.717) is 6.54 Å². The van der Waals surface area contributed by atoms with Crippen molar-refractivity contribution in [2.24, 2.45) is 5.41 Å². The maximum Gasteiger partial charge on any atom is 0.300 e. The minimum absolute atomic E-state index is 0.0180. The molecule has 5 nitrogen and oxygen atoms in total. The summed E-state index contributed by atoms with van der Waals surface area (Å²) >= 11 is 5.78. The Morgan fingerprint density at radius 1 is 1.53 bits per heavy atom. The highest BCUT2D eigenvalue weighted by Crippen LogP contribution is 2.47. The SMILES string of the molecule is CCC1(CNC(=O)c2cccc(Cl)c2[N+](=O)[O-])CC1. The molecule has 0 heterocycles. The maximum atomic E-state index is 12.0. The van der Waals surface area contributed by atoms with E-state index in [4.69, 9.17) is 11.6 Å². The van der Waals surface area contributed by atoms with E-state index < -0.39 is 10.8 Å². The fourth-order valence-electron chi connectivity index (χ4n) is 2.08. The normalized spacial score (nSPS) is 15.9. The average molecular weight is 283 g/mol. The van der Waals surface area contributed by atoms with Gasteiger partial charge in [0.25, 0.3) is 5.91 Å². The van der Waals surface area contributed by atoms with Gasteiger partial charge in [0, 0.05) is 6.54 Å². The Labute approximate surface area is 116 Å². The van der Waals surface area contributed by atoms with Crippen molar-refractivity contribution in [1.82, 2.24) is 5.32 Å². The molecule has 1 aliphatic rings. The number of nitro benzene ring substituents is 1. The van der Waals surface area contributed by atoms with E-state index in [2.05, 4.69) is 12.2 Å². The van der Waals surface area contributed by atoms with Gasteiger partial charge < -0.3 is 5.32 Å². The van der Waals surface area contributed by atoms with Gasteiger partial charge in [-0.25, -0.2) is 0 Å². The molecule has 1 aromatic carbocycles. The number of carbonyl (C=O) groups excluding carboxylic acids is 1. The zero-order valence-electron chi connectivity index (χ0n) is 10.6. The van der Waals surface area contributed by atoms with Gasteiger partial charge in [0.05, 0.1) is 4.92 Å². The Hall–Kier alpha value is -1.62. The number of hydrogen-bond donors (Lipinski definition) is 1. The zero-order valence-corrected chi connectivity index (χ0v) is 11.4. The third kappa shape index (κ3) is 2.87. The molecule has 2 rings (SSSR count). The molecular formula is C13H15ClN2O3. The number of para-hydroxylation sites is 1. The van der Waals surface area contributed by atoms with E-state index in [1.807, 2.05) is 0 Å². The lowest BCUT2D eigenvalue weighted by atomic mass is 10.0. The van der Waals surface area contributed by atoms with Crippen LogP contribution >= 0.6 is 11.6 Å². The Bertz CT molecular complexity index is 527. The molecule has 1 fully saturated rings. The van der Waals surface area contributed by atoms with E-state index in [1.165, 1.54) is 18.2 Å². The molecule has 0 saturated heterocycles. The van der Waals surface area contributed by atoms with Crippen molar-refractivity contribution in [2.45, 2.75) is 26.2 Å². The summed E-state index contributed by atoms with van der Waals surface area (Å²) in [6.45, 7) is 2.65. The number of halogens is 1. The maximum absolute atomic E-state index is 12.0. The van der Waals surface area contributed by atoms with Crippen LogP contribution in [0.15, 0.2) is 18.2 Å². The van der Waals surface area contributed by atoms with Gasteiger partial charge in [-0.3, -0.25) is 14.9 Å². The highest BCUT2D eigenvalue weighted by atomic mass is 35.5. The number of rotatable bonds is 5. The summed E-state index contributed by atoms with van der Waals surface area (Å²) in [6.07, 6.45) is 3.20. The first-order valence-corrected chi connectivity index (χ1v) is 6.58. The van der Waals surface area contributed by atoms with E-state index in [0.717, 1.165) is 19.3 Å². The molecule has 1 saturated carbocycles. The number of benzene rings is 1. The second-order valence-electron chi connectivity index (χ2n) is 4.93. The second kappa shape index (κ2) is 5.17. The van der Waals surface area contributed by atoms with Crippen LogP contribution in [0.2, 0.25) is 5.02 Å². The fraction of sp³-hybridized carbons (Fsp3) is 0.462. The van der Waals surface area contributed by atoms with Gasteiger partial charge in [0.1, 0.15) is 10.6 Å². The summed E-state index contributed by atoms with van der Waals surface area (Å²) in [5, 5.41) is 13.7. The lowest BCUT2D eigenvalue weighted by molar-refractivity contribution is -0.385. The molecule has 0 aliphatic heterocycles. The number of amides is 1. The van der Waals surface area contributed by atoms with Crippen LogP contribution in [0.5, 0.6) is 0 Å². The predicted molar refractivity (Wildman–Crippen MR) is 72.4 cm³/mol. The third-order valence-corrected chi connectivity index (χ3v) is 4.05. The molecule has 0 radical (unpaired) electrons. The average Bonchev–Trinajstić information content (AvgIpc) is 3.16. The van der Waals surface area contributed by atoms with Gasteiger partial charge in [-0.15, -0.1) is 0 Å². The lowest BCUT2D eigenvalue weighted by Crippen LogP contribution is -2.30. The van der Waals surface area contributed by atoms with Crippen LogP contribution in [0.1, 0.15) is 36.5 Å². The molecule has 6 heteroatoms. The lowest BCUT2D eigenvalue weighted by Gasteiger charge is -2.13. The highest BCUT2D eigenvalue weighted by Gasteiger charge is 2.41. The van der Waals surface area contributed by atoms with E-state index in [1.54, 1.807) is 0 Å². The number of hydrogen-bond acceptors (Lipinski definition) is 3. The van der Waals surface area contributed by atoms with Crippen LogP contribution in [0.25, 0.3) is 0 Å². The van der Waals surface area contributed by atoms with Crippen molar-refractivity contribution >= 4 is 23.2 Å². The minimum Gasteiger partial charge on any atom is -0.351 e. The van der Waals surface area contributed by atoms with Gasteiger partial charge in [-0.1, -0.05) is 24.6 Å². The van der Waals surface area contributed by atoms with Crippen molar-refractivity contribution in [3.8, 4) is 0 Å². The number of nitrogens with one attached hydrogen (secondary N) is 1. The number of carbonyl (C=O) groups is 1. The molecule has 1 aromatic rings. The quantitative estimate of drug-likeness (QED) is 0.666. The van der Waals surface area contributed by atoms with Gasteiger partial charge in [0.15, 0.2) is 0 Å². The summed E-state index contributed by atoms with van der Waals surface area (Å²) in [5.41, 5.74) is -0.115. The monoisotopic (exact) mass is 282 g/mol. The molecule has 102 valence electrons. The van der Waals surface area contributed by atoms with Crippen molar-refractivity contribution in [2.75, 3.05) is 6.54 Å². The van der Waals surface area contributed by atoms with Crippen LogP contribution in [0, 0.1) is 15.5 Å². The summed E-state index contributed by atoms with van der Waals surface area (Å²) in [6, 6.07) is 4.37. The summed E-state index contributed by atoms with van der Waals surface area (Å²) in [4.78, 5) is 22.4. The Morgan fingerprint density at radius 2 is 2.21 bits per heavy atom. The molecule has 0 unspecified atom stereocenters. The van der Waals surface area contributed by atoms with Crippen molar-refractivity contribution < 1.29 is 9.72 Å². The Kier molecular flexibility index (Phi) is 3.75. The largest absolute Gasteiger partial charge is 0.351 e. The molecular weight excluding hydrogens is 268 g/mol. The number of nitro groups is 1. The van der Waals surface area contributed by atoms with Gasteiger partial charge >= 0.3 is 5.69 Å². The first kappa shape index (κ1) is 13.8. The topological polar surface area (TPSA) is 72.2 Å². The van der Waals surface area contributed by atoms with E-state index >= 15 is 0 Å². The first-order chi connectivity index (χ1) is 8.99. The Morgan fingerprint density at radius 3 is 2.74 bits per heavy atom. The van der Waals surface area contributed by atoms with Crippen molar-refractivity contribution in [3.63, 3.8) is 0 Å². The van der Waals surface area contributed by atoms with Crippen LogP contribution in [-0.4, -0.2) is 17.4 Å². The number of nitrogens with zero attached hydrogens (tertiary/aromatic N) is 1. The molecule has 19 heavy (non-hydrogen) atoms. The van der Waals surface area contributed by atoms with Crippen LogP contribution < -0.4 is 5.32 Å². The van der Waals surface area contributed by atoms with Crippen LogP contribution in [0.4, 0.5) is 5.69 Å². The molecule has 0 bridgehead atoms. The van der Waals surface area contributed by atoms with Crippen LogP contribution in [-0.2, 0) is 0 Å².